The van der Waals surface area contributed by atoms with Crippen LogP contribution in [0, 0.1) is 0 Å². The number of carbonyl (C=O) groups is 1. The summed E-state index contributed by atoms with van der Waals surface area (Å²) in [6, 6.07) is 18.3. The fourth-order valence-electron chi connectivity index (χ4n) is 3.95. The molecule has 2 aromatic carbocycles. The van der Waals surface area contributed by atoms with Crippen LogP contribution in [-0.4, -0.2) is 30.2 Å². The quantitative estimate of drug-likeness (QED) is 0.806. The lowest BCUT2D eigenvalue weighted by atomic mass is 9.95. The summed E-state index contributed by atoms with van der Waals surface area (Å²) in [5.74, 6) is 0.862. The second-order valence-corrected chi connectivity index (χ2v) is 6.87. The number of hydrogen-bond donors (Lipinski definition) is 0. The molecule has 4 nitrogen and oxygen atoms in total. The molecule has 1 amide bonds. The van der Waals surface area contributed by atoms with E-state index >= 15 is 0 Å². The van der Waals surface area contributed by atoms with Crippen molar-refractivity contribution in [1.82, 2.24) is 4.90 Å². The van der Waals surface area contributed by atoms with Crippen molar-refractivity contribution in [2.75, 3.05) is 7.11 Å². The van der Waals surface area contributed by atoms with Gasteiger partial charge in [-0.2, -0.15) is 0 Å². The average Bonchev–Trinajstić information content (AvgIpc) is 2.96. The van der Waals surface area contributed by atoms with Gasteiger partial charge in [0.2, 0.25) is 0 Å². The maximum absolute atomic E-state index is 12.6. The van der Waals surface area contributed by atoms with E-state index in [0.29, 0.717) is 6.61 Å². The van der Waals surface area contributed by atoms with E-state index in [4.69, 9.17) is 9.47 Å². The van der Waals surface area contributed by atoms with Crippen LogP contribution >= 0.6 is 0 Å². The summed E-state index contributed by atoms with van der Waals surface area (Å²) in [7, 11) is 1.68. The summed E-state index contributed by atoms with van der Waals surface area (Å²) in [6.45, 7) is 0.321. The van der Waals surface area contributed by atoms with Gasteiger partial charge >= 0.3 is 6.09 Å². The summed E-state index contributed by atoms with van der Waals surface area (Å²) in [5.41, 5.74) is 3.49. The molecule has 2 aromatic rings. The van der Waals surface area contributed by atoms with Gasteiger partial charge in [0, 0.05) is 6.04 Å². The number of nitrogens with zero attached hydrogens (tertiary/aromatic N) is 1. The number of carbonyl (C=O) groups excluding carboxylic acids is 1. The molecule has 2 aliphatic heterocycles. The standard InChI is InChI=1S/C22H23NO3/c1-25-21-9-5-8-17(14-21)18-12-19-10-11-20(13-18)23(19)22(24)26-15-16-6-3-2-4-7-16/h2-9,12,14,19-20H,10-11,13,15H2,1H3. The first-order valence-corrected chi connectivity index (χ1v) is 9.09. The van der Waals surface area contributed by atoms with Gasteiger partial charge in [-0.25, -0.2) is 4.79 Å². The van der Waals surface area contributed by atoms with E-state index in [9.17, 15) is 4.79 Å². The molecule has 2 unspecified atom stereocenters. The zero-order chi connectivity index (χ0) is 17.9. The second kappa shape index (κ2) is 7.24. The molecular formula is C22H23NO3. The van der Waals surface area contributed by atoms with Crippen LogP contribution in [0.3, 0.4) is 0 Å². The van der Waals surface area contributed by atoms with Crippen molar-refractivity contribution in [3.8, 4) is 5.75 Å². The zero-order valence-corrected chi connectivity index (χ0v) is 14.9. The maximum atomic E-state index is 12.6. The Morgan fingerprint density at radius 2 is 1.96 bits per heavy atom. The van der Waals surface area contributed by atoms with Gasteiger partial charge in [0.1, 0.15) is 12.4 Å². The highest BCUT2D eigenvalue weighted by atomic mass is 16.6. The Labute approximate surface area is 154 Å². The molecule has 2 atom stereocenters. The Kier molecular flexibility index (Phi) is 4.65. The molecule has 134 valence electrons. The van der Waals surface area contributed by atoms with Gasteiger partial charge in [0.25, 0.3) is 0 Å². The molecule has 0 radical (unpaired) electrons. The first-order chi connectivity index (χ1) is 12.7. The summed E-state index contributed by atoms with van der Waals surface area (Å²) in [6.07, 6.45) is 4.90. The van der Waals surface area contributed by atoms with Crippen LogP contribution in [0.1, 0.15) is 30.4 Å². The summed E-state index contributed by atoms with van der Waals surface area (Å²) in [5, 5.41) is 0. The van der Waals surface area contributed by atoms with Crippen LogP contribution in [0.15, 0.2) is 60.7 Å². The molecule has 1 fully saturated rings. The van der Waals surface area contributed by atoms with Gasteiger partial charge in [0.15, 0.2) is 0 Å². The summed E-state index contributed by atoms with van der Waals surface area (Å²) < 4.78 is 10.9. The highest BCUT2D eigenvalue weighted by Crippen LogP contribution is 2.39. The Morgan fingerprint density at radius 1 is 1.12 bits per heavy atom. The number of ether oxygens (including phenoxy) is 2. The lowest BCUT2D eigenvalue weighted by Gasteiger charge is -2.33. The zero-order valence-electron chi connectivity index (χ0n) is 14.9. The van der Waals surface area contributed by atoms with Crippen LogP contribution < -0.4 is 4.74 Å². The first-order valence-electron chi connectivity index (χ1n) is 9.09. The van der Waals surface area contributed by atoms with Gasteiger partial charge in [-0.3, -0.25) is 4.90 Å². The Morgan fingerprint density at radius 3 is 2.73 bits per heavy atom. The van der Waals surface area contributed by atoms with E-state index in [1.54, 1.807) is 7.11 Å². The molecule has 0 spiro atoms. The number of benzene rings is 2. The van der Waals surface area contributed by atoms with Crippen LogP contribution in [0.5, 0.6) is 5.75 Å². The monoisotopic (exact) mass is 349 g/mol. The van der Waals surface area contributed by atoms with Crippen molar-refractivity contribution < 1.29 is 14.3 Å². The van der Waals surface area contributed by atoms with E-state index in [1.807, 2.05) is 47.4 Å². The topological polar surface area (TPSA) is 38.8 Å². The smallest absolute Gasteiger partial charge is 0.410 e. The normalized spacial score (nSPS) is 21.3. The Balaban J connectivity index is 1.47. The average molecular weight is 349 g/mol. The van der Waals surface area contributed by atoms with E-state index in [-0.39, 0.29) is 18.2 Å². The van der Waals surface area contributed by atoms with Gasteiger partial charge < -0.3 is 9.47 Å². The second-order valence-electron chi connectivity index (χ2n) is 6.87. The predicted molar refractivity (Wildman–Crippen MR) is 101 cm³/mol. The third-order valence-electron chi connectivity index (χ3n) is 5.25. The number of amides is 1. The Hall–Kier alpha value is -2.75. The fraction of sp³-hybridized carbons (Fsp3) is 0.318. The van der Waals surface area contributed by atoms with Crippen LogP contribution in [0.25, 0.3) is 5.57 Å². The largest absolute Gasteiger partial charge is 0.497 e. The highest BCUT2D eigenvalue weighted by molar-refractivity contribution is 5.75. The van der Waals surface area contributed by atoms with E-state index < -0.39 is 0 Å². The third kappa shape index (κ3) is 3.32. The molecule has 0 aromatic heterocycles. The van der Waals surface area contributed by atoms with Gasteiger partial charge in [0.05, 0.1) is 13.2 Å². The molecular weight excluding hydrogens is 326 g/mol. The SMILES string of the molecule is COc1cccc(C2=CC3CCC(C2)N3C(=O)OCc2ccccc2)c1. The predicted octanol–water partition coefficient (Wildman–Crippen LogP) is 4.65. The Bertz CT molecular complexity index is 815. The van der Waals surface area contributed by atoms with Gasteiger partial charge in [-0.1, -0.05) is 48.5 Å². The van der Waals surface area contributed by atoms with Gasteiger partial charge in [-0.05, 0) is 48.1 Å². The van der Waals surface area contributed by atoms with Crippen LogP contribution in [-0.2, 0) is 11.3 Å². The lowest BCUT2D eigenvalue weighted by molar-refractivity contribution is 0.0832. The number of hydrogen-bond acceptors (Lipinski definition) is 3. The highest BCUT2D eigenvalue weighted by Gasteiger charge is 2.40. The van der Waals surface area contributed by atoms with Crippen molar-refractivity contribution in [3.05, 3.63) is 71.8 Å². The fourth-order valence-corrected chi connectivity index (χ4v) is 3.95. The first kappa shape index (κ1) is 16.7. The lowest BCUT2D eigenvalue weighted by Crippen LogP contribution is -2.43. The minimum atomic E-state index is -0.206. The maximum Gasteiger partial charge on any atom is 0.410 e. The minimum absolute atomic E-state index is 0.123. The number of methoxy groups -OCH3 is 1. The van der Waals surface area contributed by atoms with E-state index in [1.165, 1.54) is 11.1 Å². The molecule has 1 saturated heterocycles. The van der Waals surface area contributed by atoms with Crippen molar-refractivity contribution in [2.45, 2.75) is 38.0 Å². The van der Waals surface area contributed by atoms with Crippen LogP contribution in [0.4, 0.5) is 4.79 Å². The number of rotatable bonds is 4. The minimum Gasteiger partial charge on any atom is -0.497 e. The van der Waals surface area contributed by atoms with Crippen molar-refractivity contribution >= 4 is 11.7 Å². The summed E-state index contributed by atoms with van der Waals surface area (Å²) in [4.78, 5) is 14.6. The summed E-state index contributed by atoms with van der Waals surface area (Å²) >= 11 is 0. The number of fused-ring (bicyclic) bond motifs is 2. The van der Waals surface area contributed by atoms with Crippen molar-refractivity contribution in [1.29, 1.82) is 0 Å². The molecule has 2 heterocycles. The van der Waals surface area contributed by atoms with Gasteiger partial charge in [-0.15, -0.1) is 0 Å². The molecule has 4 rings (SSSR count). The van der Waals surface area contributed by atoms with Crippen molar-refractivity contribution in [2.24, 2.45) is 0 Å². The van der Waals surface area contributed by atoms with E-state index in [2.05, 4.69) is 18.2 Å². The molecule has 2 aliphatic rings. The van der Waals surface area contributed by atoms with Crippen molar-refractivity contribution in [3.63, 3.8) is 0 Å². The van der Waals surface area contributed by atoms with E-state index in [0.717, 1.165) is 30.6 Å². The molecule has 2 bridgehead atoms. The molecule has 0 aliphatic carbocycles. The molecule has 0 saturated carbocycles. The third-order valence-corrected chi connectivity index (χ3v) is 5.25. The molecule has 26 heavy (non-hydrogen) atoms. The molecule has 0 N–H and O–H groups in total. The van der Waals surface area contributed by atoms with Crippen LogP contribution in [0.2, 0.25) is 0 Å². The molecule has 4 heteroatoms.